The minimum atomic E-state index is -1.12. The average molecular weight is 313 g/mol. The first-order valence-electron chi connectivity index (χ1n) is 7.27. The zero-order chi connectivity index (χ0) is 15.5. The Morgan fingerprint density at radius 2 is 2.19 bits per heavy atom. The Morgan fingerprint density at radius 1 is 1.48 bits per heavy atom. The molecular weight excluding hydrogens is 290 g/mol. The lowest BCUT2D eigenvalue weighted by Gasteiger charge is -2.15. The number of hydrogen-bond donors (Lipinski definition) is 0. The summed E-state index contributed by atoms with van der Waals surface area (Å²) in [5.74, 6) is 0.628. The number of hydrogen-bond acceptors (Lipinski definition) is 5. The van der Waals surface area contributed by atoms with Gasteiger partial charge in [-0.3, -0.25) is 10.1 Å². The normalized spacial score (nSPS) is 15.2. The van der Waals surface area contributed by atoms with Crippen LogP contribution in [0.4, 0.5) is 5.69 Å². The van der Waals surface area contributed by atoms with Crippen LogP contribution in [0.2, 0.25) is 25.7 Å². The van der Waals surface area contributed by atoms with Crippen molar-refractivity contribution in [3.8, 4) is 5.88 Å². The number of ether oxygens (including phenoxy) is 2. The van der Waals surface area contributed by atoms with Crippen molar-refractivity contribution < 1.29 is 14.4 Å². The molecule has 0 radical (unpaired) electrons. The van der Waals surface area contributed by atoms with Crippen molar-refractivity contribution >= 4 is 13.8 Å². The molecule has 21 heavy (non-hydrogen) atoms. The van der Waals surface area contributed by atoms with Crippen LogP contribution in [0.5, 0.6) is 5.88 Å². The molecule has 118 valence electrons. The van der Waals surface area contributed by atoms with Gasteiger partial charge >= 0.3 is 11.6 Å². The van der Waals surface area contributed by atoms with Gasteiger partial charge in [0, 0.05) is 14.7 Å². The maximum Gasteiger partial charge on any atom is 0.350 e. The van der Waals surface area contributed by atoms with E-state index in [-0.39, 0.29) is 18.3 Å². The minimum Gasteiger partial charge on any atom is -0.471 e. The van der Waals surface area contributed by atoms with Crippen molar-refractivity contribution in [2.24, 2.45) is 5.92 Å². The molecular formula is C13H23N3O4Si. The Kier molecular flexibility index (Phi) is 4.99. The number of rotatable bonds is 9. The van der Waals surface area contributed by atoms with Gasteiger partial charge in [0.25, 0.3) is 0 Å². The monoisotopic (exact) mass is 313 g/mol. The van der Waals surface area contributed by atoms with Crippen LogP contribution in [0, 0.1) is 16.0 Å². The van der Waals surface area contributed by atoms with Gasteiger partial charge in [0.05, 0.1) is 11.5 Å². The van der Waals surface area contributed by atoms with E-state index in [1.165, 1.54) is 10.9 Å². The highest BCUT2D eigenvalue weighted by Gasteiger charge is 2.26. The van der Waals surface area contributed by atoms with Crippen LogP contribution in [0.25, 0.3) is 0 Å². The first-order chi connectivity index (χ1) is 9.85. The zero-order valence-electron chi connectivity index (χ0n) is 12.9. The summed E-state index contributed by atoms with van der Waals surface area (Å²) in [6.45, 7) is 8.21. The Bertz CT molecular complexity index is 494. The van der Waals surface area contributed by atoms with Crippen LogP contribution < -0.4 is 4.74 Å². The fraction of sp³-hybridized carbons (Fsp3) is 0.769. The fourth-order valence-electron chi connectivity index (χ4n) is 1.71. The van der Waals surface area contributed by atoms with Crippen molar-refractivity contribution in [2.45, 2.75) is 45.3 Å². The predicted molar refractivity (Wildman–Crippen MR) is 81.2 cm³/mol. The van der Waals surface area contributed by atoms with E-state index < -0.39 is 13.0 Å². The van der Waals surface area contributed by atoms with Crippen molar-refractivity contribution in [2.75, 3.05) is 13.2 Å². The third kappa shape index (κ3) is 5.47. The molecule has 0 bridgehead atoms. The topological polar surface area (TPSA) is 79.4 Å². The molecule has 0 N–H and O–H groups in total. The molecule has 1 saturated carbocycles. The van der Waals surface area contributed by atoms with Gasteiger partial charge in [0.2, 0.25) is 0 Å². The molecule has 8 heteroatoms. The predicted octanol–water partition coefficient (Wildman–Crippen LogP) is 2.89. The van der Waals surface area contributed by atoms with Crippen LogP contribution in [0.1, 0.15) is 12.8 Å². The molecule has 1 aliphatic carbocycles. The summed E-state index contributed by atoms with van der Waals surface area (Å²) < 4.78 is 12.4. The molecule has 1 fully saturated rings. The van der Waals surface area contributed by atoms with Crippen molar-refractivity contribution in [1.29, 1.82) is 0 Å². The zero-order valence-corrected chi connectivity index (χ0v) is 13.9. The van der Waals surface area contributed by atoms with Gasteiger partial charge in [0.1, 0.15) is 12.9 Å². The molecule has 0 aromatic carbocycles. The fourth-order valence-corrected chi connectivity index (χ4v) is 2.46. The smallest absolute Gasteiger partial charge is 0.350 e. The molecule has 7 nitrogen and oxygen atoms in total. The maximum absolute atomic E-state index is 11.0. The second-order valence-corrected chi connectivity index (χ2v) is 12.3. The summed E-state index contributed by atoms with van der Waals surface area (Å²) in [6, 6.07) is 1.06. The van der Waals surface area contributed by atoms with E-state index in [1.807, 2.05) is 0 Å². The van der Waals surface area contributed by atoms with E-state index in [9.17, 15) is 10.1 Å². The molecule has 1 heterocycles. The van der Waals surface area contributed by atoms with E-state index in [0.717, 1.165) is 18.9 Å². The number of nitro groups is 1. The van der Waals surface area contributed by atoms with Crippen LogP contribution in [-0.4, -0.2) is 36.0 Å². The van der Waals surface area contributed by atoms with Gasteiger partial charge in [-0.2, -0.15) is 0 Å². The molecule has 0 saturated heterocycles. The summed E-state index contributed by atoms with van der Waals surface area (Å²) >= 11 is 0. The largest absolute Gasteiger partial charge is 0.471 e. The van der Waals surface area contributed by atoms with Crippen molar-refractivity contribution in [3.05, 3.63) is 16.3 Å². The van der Waals surface area contributed by atoms with Crippen LogP contribution in [0.3, 0.4) is 0 Å². The molecule has 1 aliphatic rings. The Balaban J connectivity index is 1.86. The van der Waals surface area contributed by atoms with Gasteiger partial charge < -0.3 is 9.47 Å². The first-order valence-corrected chi connectivity index (χ1v) is 11.0. The summed E-state index contributed by atoms with van der Waals surface area (Å²) in [5, 5.41) is 15.1. The van der Waals surface area contributed by atoms with E-state index >= 15 is 0 Å². The minimum absolute atomic E-state index is 0.0931. The second-order valence-electron chi connectivity index (χ2n) is 6.72. The first kappa shape index (κ1) is 16.0. The molecule has 2 rings (SSSR count). The standard InChI is InChI=1S/C13H23N3O4Si/c1-21(2,3)7-6-19-10-15-8-12(16(17)18)13(14-15)20-9-11-4-5-11/h8,11H,4-7,9-10H2,1-3H3. The lowest BCUT2D eigenvalue weighted by atomic mass is 10.5. The quantitative estimate of drug-likeness (QED) is 0.303. The maximum atomic E-state index is 11.0. The van der Waals surface area contributed by atoms with E-state index in [1.54, 1.807) is 0 Å². The van der Waals surface area contributed by atoms with Crippen LogP contribution in [0.15, 0.2) is 6.20 Å². The molecule has 0 aliphatic heterocycles. The highest BCUT2D eigenvalue weighted by atomic mass is 28.3. The summed E-state index contributed by atoms with van der Waals surface area (Å²) in [5.41, 5.74) is -0.0931. The summed E-state index contributed by atoms with van der Waals surface area (Å²) in [4.78, 5) is 10.5. The lowest BCUT2D eigenvalue weighted by Crippen LogP contribution is -2.22. The van der Waals surface area contributed by atoms with Gasteiger partial charge in [-0.15, -0.1) is 5.10 Å². The molecule has 0 atom stereocenters. The van der Waals surface area contributed by atoms with Crippen LogP contribution in [-0.2, 0) is 11.5 Å². The van der Waals surface area contributed by atoms with E-state index in [4.69, 9.17) is 9.47 Å². The Labute approximate surface area is 125 Å². The van der Waals surface area contributed by atoms with Gasteiger partial charge in [-0.25, -0.2) is 4.68 Å². The molecule has 0 amide bonds. The Morgan fingerprint density at radius 3 is 2.76 bits per heavy atom. The van der Waals surface area contributed by atoms with Gasteiger partial charge in [-0.05, 0) is 24.8 Å². The molecule has 1 aromatic heterocycles. The van der Waals surface area contributed by atoms with E-state index in [0.29, 0.717) is 19.1 Å². The summed E-state index contributed by atoms with van der Waals surface area (Å²) in [7, 11) is -1.12. The van der Waals surface area contributed by atoms with Crippen molar-refractivity contribution in [1.82, 2.24) is 9.78 Å². The highest BCUT2D eigenvalue weighted by molar-refractivity contribution is 6.76. The number of nitrogens with zero attached hydrogens (tertiary/aromatic N) is 3. The average Bonchev–Trinajstić information content (AvgIpc) is 3.11. The third-order valence-electron chi connectivity index (χ3n) is 3.28. The lowest BCUT2D eigenvalue weighted by molar-refractivity contribution is -0.386. The van der Waals surface area contributed by atoms with Gasteiger partial charge in [0.15, 0.2) is 0 Å². The second kappa shape index (κ2) is 6.57. The summed E-state index contributed by atoms with van der Waals surface area (Å²) in [6.07, 6.45) is 3.64. The number of aromatic nitrogens is 2. The SMILES string of the molecule is C[Si](C)(C)CCOCn1cc([N+](=O)[O-])c(OCC2CC2)n1. The highest BCUT2D eigenvalue weighted by Crippen LogP contribution is 2.31. The molecule has 1 aromatic rings. The molecule has 0 spiro atoms. The van der Waals surface area contributed by atoms with Crippen LogP contribution >= 0.6 is 0 Å². The van der Waals surface area contributed by atoms with E-state index in [2.05, 4.69) is 24.7 Å². The Hall–Kier alpha value is -1.41. The van der Waals surface area contributed by atoms with Gasteiger partial charge in [-0.1, -0.05) is 19.6 Å². The molecule has 0 unspecified atom stereocenters. The third-order valence-corrected chi connectivity index (χ3v) is 4.98. The van der Waals surface area contributed by atoms with Crippen molar-refractivity contribution in [3.63, 3.8) is 0 Å².